The first kappa shape index (κ1) is 20.9. The maximum absolute atomic E-state index is 13.6. The third-order valence-corrected chi connectivity index (χ3v) is 8.43. The lowest BCUT2D eigenvalue weighted by atomic mass is 9.97. The van der Waals surface area contributed by atoms with Crippen molar-refractivity contribution in [1.29, 1.82) is 0 Å². The number of alkyl halides is 2. The zero-order valence-electron chi connectivity index (χ0n) is 17.6. The van der Waals surface area contributed by atoms with Gasteiger partial charge in [-0.3, -0.25) is 4.90 Å². The zero-order chi connectivity index (χ0) is 21.8. The molecular weight excluding hydrogens is 418 g/mol. The molecule has 2 saturated carbocycles. The van der Waals surface area contributed by atoms with Crippen LogP contribution in [0.15, 0.2) is 59.5 Å². The summed E-state index contributed by atoms with van der Waals surface area (Å²) in [6.45, 7) is 3.20. The molecule has 3 aliphatic rings. The molecule has 0 spiro atoms. The van der Waals surface area contributed by atoms with Crippen LogP contribution in [0.3, 0.4) is 0 Å². The quantitative estimate of drug-likeness (QED) is 0.689. The normalized spacial score (nSPS) is 30.2. The first-order valence-corrected chi connectivity index (χ1v) is 12.8. The van der Waals surface area contributed by atoms with Gasteiger partial charge in [-0.15, -0.1) is 0 Å². The molecule has 7 heteroatoms. The van der Waals surface area contributed by atoms with Crippen LogP contribution in [-0.2, 0) is 9.84 Å². The van der Waals surface area contributed by atoms with Gasteiger partial charge in [-0.05, 0) is 42.5 Å². The minimum atomic E-state index is -3.27. The molecule has 1 saturated heterocycles. The standard InChI is InChI=1S/C24H28F2N2O2S/c1-31(29,30)20-9-5-8-19(14-20)27-10-11-28(23(16-27)18-6-3-2-4-7-18)15-17-12-21-22(13-17)24(21,25)26/h2-9,14,17,21-23H,10-13,15-16H2,1H3/t17-,21-,22+,23-/m0/s1. The van der Waals surface area contributed by atoms with Gasteiger partial charge in [0.05, 0.1) is 10.9 Å². The van der Waals surface area contributed by atoms with Gasteiger partial charge >= 0.3 is 0 Å². The van der Waals surface area contributed by atoms with E-state index in [-0.39, 0.29) is 6.04 Å². The Hall–Kier alpha value is -1.99. The Morgan fingerprint density at radius 1 is 1.00 bits per heavy atom. The van der Waals surface area contributed by atoms with Gasteiger partial charge in [-0.2, -0.15) is 0 Å². The topological polar surface area (TPSA) is 40.6 Å². The highest BCUT2D eigenvalue weighted by atomic mass is 32.2. The van der Waals surface area contributed by atoms with E-state index in [4.69, 9.17) is 0 Å². The van der Waals surface area contributed by atoms with E-state index >= 15 is 0 Å². The molecule has 4 atom stereocenters. The van der Waals surface area contributed by atoms with E-state index in [0.29, 0.717) is 23.7 Å². The lowest BCUT2D eigenvalue weighted by molar-refractivity contribution is 0.0546. The molecule has 0 radical (unpaired) electrons. The lowest BCUT2D eigenvalue weighted by Gasteiger charge is -2.44. The van der Waals surface area contributed by atoms with Gasteiger partial charge in [0.2, 0.25) is 0 Å². The number of sulfone groups is 1. The van der Waals surface area contributed by atoms with Gasteiger partial charge in [0.25, 0.3) is 5.92 Å². The average Bonchev–Trinajstić information content (AvgIpc) is 3.06. The van der Waals surface area contributed by atoms with E-state index in [2.05, 4.69) is 21.9 Å². The van der Waals surface area contributed by atoms with Gasteiger partial charge in [-0.1, -0.05) is 36.4 Å². The van der Waals surface area contributed by atoms with E-state index in [0.717, 1.165) is 31.9 Å². The Balaban J connectivity index is 1.35. The number of hydrogen-bond acceptors (Lipinski definition) is 4. The highest BCUT2D eigenvalue weighted by molar-refractivity contribution is 7.90. The van der Waals surface area contributed by atoms with Crippen LogP contribution in [0.4, 0.5) is 14.5 Å². The van der Waals surface area contributed by atoms with Crippen LogP contribution in [0, 0.1) is 17.8 Å². The lowest BCUT2D eigenvalue weighted by Crippen LogP contribution is -2.49. The Morgan fingerprint density at radius 3 is 2.39 bits per heavy atom. The molecule has 2 aromatic rings. The number of nitrogens with zero attached hydrogens (tertiary/aromatic N) is 2. The summed E-state index contributed by atoms with van der Waals surface area (Å²) in [4.78, 5) is 5.01. The summed E-state index contributed by atoms with van der Waals surface area (Å²) in [5, 5.41) is 0. The van der Waals surface area contributed by atoms with Crippen molar-refractivity contribution in [3.8, 4) is 0 Å². The Bertz CT molecular complexity index is 1050. The van der Waals surface area contributed by atoms with Crippen molar-refractivity contribution in [1.82, 2.24) is 4.90 Å². The number of benzene rings is 2. The largest absolute Gasteiger partial charge is 0.368 e. The number of fused-ring (bicyclic) bond motifs is 1. The van der Waals surface area contributed by atoms with Crippen LogP contribution in [0.2, 0.25) is 0 Å². The van der Waals surface area contributed by atoms with Gasteiger partial charge < -0.3 is 4.90 Å². The van der Waals surface area contributed by atoms with Crippen LogP contribution in [0.5, 0.6) is 0 Å². The Morgan fingerprint density at radius 2 is 1.71 bits per heavy atom. The maximum Gasteiger partial charge on any atom is 0.254 e. The molecule has 0 aromatic heterocycles. The van der Waals surface area contributed by atoms with Crippen molar-refractivity contribution in [2.24, 2.45) is 17.8 Å². The summed E-state index contributed by atoms with van der Waals surface area (Å²) in [5.74, 6) is -2.88. The fourth-order valence-corrected chi connectivity index (χ4v) is 6.23. The van der Waals surface area contributed by atoms with Gasteiger partial charge in [0.1, 0.15) is 0 Å². The minimum absolute atomic E-state index is 0.147. The van der Waals surface area contributed by atoms with Gasteiger partial charge in [0.15, 0.2) is 9.84 Å². The molecule has 0 bridgehead atoms. The molecule has 3 fully saturated rings. The number of halogens is 2. The average molecular weight is 447 g/mol. The number of rotatable bonds is 5. The van der Waals surface area contributed by atoms with Crippen LogP contribution in [0.1, 0.15) is 24.4 Å². The number of piperazine rings is 1. The summed E-state index contributed by atoms with van der Waals surface area (Å²) >= 11 is 0. The minimum Gasteiger partial charge on any atom is -0.368 e. The second-order valence-corrected chi connectivity index (χ2v) is 11.4. The second-order valence-electron chi connectivity index (χ2n) is 9.36. The van der Waals surface area contributed by atoms with Crippen molar-refractivity contribution in [3.05, 3.63) is 60.2 Å². The molecule has 0 unspecified atom stereocenters. The Labute approximate surface area is 182 Å². The van der Waals surface area contributed by atoms with Crippen LogP contribution >= 0.6 is 0 Å². The van der Waals surface area contributed by atoms with Crippen molar-refractivity contribution in [3.63, 3.8) is 0 Å². The Kier molecular flexibility index (Phi) is 5.09. The highest BCUT2D eigenvalue weighted by Gasteiger charge is 2.71. The fraction of sp³-hybridized carbons (Fsp3) is 0.500. The first-order chi connectivity index (χ1) is 14.7. The van der Waals surface area contributed by atoms with E-state index in [1.165, 1.54) is 11.8 Å². The van der Waals surface area contributed by atoms with Gasteiger partial charge in [0, 0.05) is 50.0 Å². The number of hydrogen-bond donors (Lipinski definition) is 0. The third-order valence-electron chi connectivity index (χ3n) is 7.32. The van der Waals surface area contributed by atoms with Crippen molar-refractivity contribution in [2.45, 2.75) is 29.7 Å². The van der Waals surface area contributed by atoms with Crippen LogP contribution < -0.4 is 4.90 Å². The van der Waals surface area contributed by atoms with Gasteiger partial charge in [-0.25, -0.2) is 17.2 Å². The molecule has 1 heterocycles. The predicted octanol–water partition coefficient (Wildman–Crippen LogP) is 4.24. The highest BCUT2D eigenvalue weighted by Crippen LogP contribution is 2.65. The summed E-state index contributed by atoms with van der Waals surface area (Å²) in [5.41, 5.74) is 2.12. The molecule has 0 amide bonds. The molecular formula is C24H28F2N2O2S. The summed E-state index contributed by atoms with van der Waals surface area (Å²) in [7, 11) is -3.27. The van der Waals surface area contributed by atoms with Crippen LogP contribution in [0.25, 0.3) is 0 Å². The smallest absolute Gasteiger partial charge is 0.254 e. The summed E-state index contributed by atoms with van der Waals surface area (Å²) < 4.78 is 51.2. The summed E-state index contributed by atoms with van der Waals surface area (Å²) in [6, 6.07) is 17.6. The third kappa shape index (κ3) is 3.98. The SMILES string of the molecule is CS(=O)(=O)c1cccc(N2CCN(C[C@@H]3C[C@@H]4[C@H](C3)C4(F)F)[C@H](c3ccccc3)C2)c1. The van der Waals surface area contributed by atoms with Crippen molar-refractivity contribution < 1.29 is 17.2 Å². The molecule has 2 aliphatic carbocycles. The van der Waals surface area contributed by atoms with E-state index in [1.54, 1.807) is 18.2 Å². The molecule has 1 aliphatic heterocycles. The van der Waals surface area contributed by atoms with E-state index < -0.39 is 27.6 Å². The van der Waals surface area contributed by atoms with E-state index in [1.807, 2.05) is 24.3 Å². The van der Waals surface area contributed by atoms with Crippen LogP contribution in [-0.4, -0.2) is 51.7 Å². The maximum atomic E-state index is 13.6. The molecule has 4 nitrogen and oxygen atoms in total. The van der Waals surface area contributed by atoms with Crippen molar-refractivity contribution in [2.75, 3.05) is 37.3 Å². The monoisotopic (exact) mass is 446 g/mol. The molecule has 0 N–H and O–H groups in total. The number of anilines is 1. The molecule has 31 heavy (non-hydrogen) atoms. The fourth-order valence-electron chi connectivity index (χ4n) is 5.57. The predicted molar refractivity (Wildman–Crippen MR) is 117 cm³/mol. The van der Waals surface area contributed by atoms with Crippen molar-refractivity contribution >= 4 is 15.5 Å². The molecule has 2 aromatic carbocycles. The first-order valence-electron chi connectivity index (χ1n) is 11.0. The second kappa shape index (κ2) is 7.55. The molecule has 166 valence electrons. The molecule has 5 rings (SSSR count). The zero-order valence-corrected chi connectivity index (χ0v) is 18.4. The van der Waals surface area contributed by atoms with E-state index in [9.17, 15) is 17.2 Å². The summed E-state index contributed by atoms with van der Waals surface area (Å²) in [6.07, 6.45) is 2.50.